The fourth-order valence-corrected chi connectivity index (χ4v) is 2.57. The Morgan fingerprint density at radius 1 is 1.38 bits per heavy atom. The number of amides is 1. The Labute approximate surface area is 134 Å². The fraction of sp³-hybridized carbons (Fsp3) is 0.533. The van der Waals surface area contributed by atoms with Crippen LogP contribution in [0.3, 0.4) is 0 Å². The molecule has 2 rings (SSSR count). The first kappa shape index (κ1) is 16.3. The summed E-state index contributed by atoms with van der Waals surface area (Å²) in [6.45, 7) is 6.21. The lowest BCUT2D eigenvalue weighted by Gasteiger charge is -2.27. The molecule has 0 saturated carbocycles. The van der Waals surface area contributed by atoms with Crippen LogP contribution in [0.5, 0.6) is 5.75 Å². The Bertz CT molecular complexity index is 450. The van der Waals surface area contributed by atoms with Crippen molar-refractivity contribution >= 4 is 21.8 Å². The van der Waals surface area contributed by atoms with Gasteiger partial charge < -0.3 is 15.4 Å². The van der Waals surface area contributed by atoms with E-state index in [1.54, 1.807) is 0 Å². The molecule has 1 amide bonds. The molecule has 0 aromatic heterocycles. The standard InChI is InChI=1S/C15H22BrN3O2/c16-13-2-1-3-14(12-13)21-11-4-15(20)18-7-10-19-8-5-17-6-9-19/h1-3,12,17H,4-11H2,(H,18,20). The highest BCUT2D eigenvalue weighted by atomic mass is 79.9. The van der Waals surface area contributed by atoms with Crippen molar-refractivity contribution in [2.24, 2.45) is 0 Å². The van der Waals surface area contributed by atoms with Gasteiger partial charge in [-0.25, -0.2) is 0 Å². The molecule has 1 aliphatic heterocycles. The van der Waals surface area contributed by atoms with Gasteiger partial charge in [-0.2, -0.15) is 0 Å². The van der Waals surface area contributed by atoms with Crippen LogP contribution in [0.2, 0.25) is 0 Å². The van der Waals surface area contributed by atoms with Gasteiger partial charge in [0.1, 0.15) is 5.75 Å². The molecule has 0 unspecified atom stereocenters. The van der Waals surface area contributed by atoms with Crippen molar-refractivity contribution in [1.29, 1.82) is 0 Å². The van der Waals surface area contributed by atoms with E-state index < -0.39 is 0 Å². The van der Waals surface area contributed by atoms with Crippen LogP contribution in [0.4, 0.5) is 0 Å². The minimum absolute atomic E-state index is 0.0418. The van der Waals surface area contributed by atoms with Crippen molar-refractivity contribution in [1.82, 2.24) is 15.5 Å². The van der Waals surface area contributed by atoms with E-state index in [1.807, 2.05) is 24.3 Å². The van der Waals surface area contributed by atoms with Gasteiger partial charge in [0.05, 0.1) is 13.0 Å². The van der Waals surface area contributed by atoms with Gasteiger partial charge in [-0.15, -0.1) is 0 Å². The Morgan fingerprint density at radius 3 is 2.95 bits per heavy atom. The molecule has 2 N–H and O–H groups in total. The summed E-state index contributed by atoms with van der Waals surface area (Å²) in [5, 5.41) is 6.25. The van der Waals surface area contributed by atoms with Gasteiger partial charge in [0.2, 0.25) is 5.91 Å². The van der Waals surface area contributed by atoms with E-state index in [2.05, 4.69) is 31.5 Å². The van der Waals surface area contributed by atoms with Crippen LogP contribution in [0.25, 0.3) is 0 Å². The lowest BCUT2D eigenvalue weighted by Crippen LogP contribution is -2.46. The lowest BCUT2D eigenvalue weighted by atomic mass is 10.3. The lowest BCUT2D eigenvalue weighted by molar-refractivity contribution is -0.121. The van der Waals surface area contributed by atoms with E-state index in [1.165, 1.54) is 0 Å². The Balaban J connectivity index is 1.55. The average Bonchev–Trinajstić information content (AvgIpc) is 2.48. The second-order valence-corrected chi connectivity index (χ2v) is 5.91. The van der Waals surface area contributed by atoms with Crippen LogP contribution in [-0.4, -0.2) is 56.7 Å². The highest BCUT2D eigenvalue weighted by molar-refractivity contribution is 9.10. The molecule has 0 bridgehead atoms. The summed E-state index contributed by atoms with van der Waals surface area (Å²) in [5.74, 6) is 0.818. The van der Waals surface area contributed by atoms with E-state index in [-0.39, 0.29) is 5.91 Å². The molecule has 1 aliphatic rings. The van der Waals surface area contributed by atoms with Crippen molar-refractivity contribution in [3.63, 3.8) is 0 Å². The summed E-state index contributed by atoms with van der Waals surface area (Å²) in [4.78, 5) is 14.1. The minimum Gasteiger partial charge on any atom is -0.493 e. The van der Waals surface area contributed by atoms with Gasteiger partial charge in [-0.3, -0.25) is 9.69 Å². The summed E-state index contributed by atoms with van der Waals surface area (Å²) in [5.41, 5.74) is 0. The van der Waals surface area contributed by atoms with Crippen molar-refractivity contribution in [2.75, 3.05) is 45.9 Å². The smallest absolute Gasteiger partial charge is 0.223 e. The van der Waals surface area contributed by atoms with Crippen LogP contribution in [-0.2, 0) is 4.79 Å². The molecular weight excluding hydrogens is 334 g/mol. The minimum atomic E-state index is 0.0418. The molecular formula is C15H22BrN3O2. The zero-order valence-corrected chi connectivity index (χ0v) is 13.7. The van der Waals surface area contributed by atoms with Crippen LogP contribution in [0.1, 0.15) is 6.42 Å². The average molecular weight is 356 g/mol. The van der Waals surface area contributed by atoms with E-state index >= 15 is 0 Å². The largest absolute Gasteiger partial charge is 0.493 e. The number of rotatable bonds is 7. The number of carbonyl (C=O) groups is 1. The number of halogens is 1. The highest BCUT2D eigenvalue weighted by Crippen LogP contribution is 2.17. The zero-order valence-electron chi connectivity index (χ0n) is 12.1. The first-order valence-electron chi connectivity index (χ1n) is 7.32. The molecule has 1 aromatic carbocycles. The number of piperazine rings is 1. The Morgan fingerprint density at radius 2 is 2.19 bits per heavy atom. The topological polar surface area (TPSA) is 53.6 Å². The molecule has 0 spiro atoms. The van der Waals surface area contributed by atoms with E-state index in [4.69, 9.17) is 4.74 Å². The SMILES string of the molecule is O=C(CCOc1cccc(Br)c1)NCCN1CCNCC1. The Kier molecular flexibility index (Phi) is 6.99. The number of hydrogen-bond acceptors (Lipinski definition) is 4. The first-order valence-corrected chi connectivity index (χ1v) is 8.11. The third-order valence-electron chi connectivity index (χ3n) is 3.35. The maximum absolute atomic E-state index is 11.7. The molecule has 1 fully saturated rings. The first-order chi connectivity index (χ1) is 10.2. The van der Waals surface area contributed by atoms with E-state index in [0.717, 1.165) is 42.9 Å². The third kappa shape index (κ3) is 6.46. The van der Waals surface area contributed by atoms with Crippen molar-refractivity contribution < 1.29 is 9.53 Å². The number of nitrogens with zero attached hydrogens (tertiary/aromatic N) is 1. The van der Waals surface area contributed by atoms with Gasteiger partial charge in [0.15, 0.2) is 0 Å². The van der Waals surface area contributed by atoms with Crippen molar-refractivity contribution in [2.45, 2.75) is 6.42 Å². The second kappa shape index (κ2) is 9.02. The molecule has 0 aliphatic carbocycles. The third-order valence-corrected chi connectivity index (χ3v) is 3.85. The highest BCUT2D eigenvalue weighted by Gasteiger charge is 2.09. The Hall–Kier alpha value is -1.11. The summed E-state index contributed by atoms with van der Waals surface area (Å²) < 4.78 is 6.52. The summed E-state index contributed by atoms with van der Waals surface area (Å²) in [6.07, 6.45) is 0.383. The number of carbonyl (C=O) groups excluding carboxylic acids is 1. The molecule has 21 heavy (non-hydrogen) atoms. The summed E-state index contributed by atoms with van der Waals surface area (Å²) >= 11 is 3.39. The fourth-order valence-electron chi connectivity index (χ4n) is 2.19. The zero-order chi connectivity index (χ0) is 14.9. The maximum Gasteiger partial charge on any atom is 0.223 e. The van der Waals surface area contributed by atoms with E-state index in [9.17, 15) is 4.79 Å². The van der Waals surface area contributed by atoms with Crippen LogP contribution < -0.4 is 15.4 Å². The summed E-state index contributed by atoms with van der Waals surface area (Å²) in [7, 11) is 0. The molecule has 6 heteroatoms. The molecule has 1 heterocycles. The molecule has 5 nitrogen and oxygen atoms in total. The molecule has 0 radical (unpaired) electrons. The quantitative estimate of drug-likeness (QED) is 0.772. The van der Waals surface area contributed by atoms with Gasteiger partial charge in [0.25, 0.3) is 0 Å². The predicted octanol–water partition coefficient (Wildman–Crippen LogP) is 1.24. The van der Waals surface area contributed by atoms with Gasteiger partial charge in [-0.05, 0) is 18.2 Å². The van der Waals surface area contributed by atoms with Gasteiger partial charge >= 0.3 is 0 Å². The van der Waals surface area contributed by atoms with Gasteiger partial charge in [0, 0.05) is 43.7 Å². The van der Waals surface area contributed by atoms with Crippen LogP contribution in [0, 0.1) is 0 Å². The second-order valence-electron chi connectivity index (χ2n) is 5.00. The normalized spacial score (nSPS) is 15.7. The number of benzene rings is 1. The molecule has 116 valence electrons. The predicted molar refractivity (Wildman–Crippen MR) is 86.6 cm³/mol. The molecule has 1 saturated heterocycles. The van der Waals surface area contributed by atoms with Crippen molar-refractivity contribution in [3.05, 3.63) is 28.7 Å². The summed E-state index contributed by atoms with van der Waals surface area (Å²) in [6, 6.07) is 7.62. The number of ether oxygens (including phenoxy) is 1. The van der Waals surface area contributed by atoms with Crippen LogP contribution >= 0.6 is 15.9 Å². The molecule has 0 atom stereocenters. The molecule has 1 aromatic rings. The van der Waals surface area contributed by atoms with Crippen molar-refractivity contribution in [3.8, 4) is 5.75 Å². The van der Waals surface area contributed by atoms with E-state index in [0.29, 0.717) is 19.6 Å². The van der Waals surface area contributed by atoms with Gasteiger partial charge in [-0.1, -0.05) is 22.0 Å². The number of nitrogens with one attached hydrogen (secondary N) is 2. The maximum atomic E-state index is 11.7. The number of hydrogen-bond donors (Lipinski definition) is 2. The monoisotopic (exact) mass is 355 g/mol. The van der Waals surface area contributed by atoms with Crippen LogP contribution in [0.15, 0.2) is 28.7 Å².